The smallest absolute Gasteiger partial charge is 0.343 e. The predicted octanol–water partition coefficient (Wildman–Crippen LogP) is 4.01. The largest absolute Gasteiger partial charge is 0.482 e. The highest BCUT2D eigenvalue weighted by Crippen LogP contribution is 2.41. The van der Waals surface area contributed by atoms with Crippen LogP contribution in [0.5, 0.6) is 5.75 Å². The standard InChI is InChI=1S/C30H23FN2O4S/c1-36-26(34)17-37-22-7-4-5-18(15-22)16-25-29(35)33-28(20-9-12-21(31)13-10-20)24-14-11-19-6-2-3-8-23(19)27(24)32-30(33)38-25/h2-10,12-13,15-16,28H,11,14,17H2,1H3. The van der Waals surface area contributed by atoms with Crippen LogP contribution in [0.1, 0.15) is 34.7 Å². The van der Waals surface area contributed by atoms with E-state index in [2.05, 4.69) is 16.9 Å². The van der Waals surface area contributed by atoms with Crippen LogP contribution in [0.15, 0.2) is 88.2 Å². The summed E-state index contributed by atoms with van der Waals surface area (Å²) in [5.74, 6) is -0.304. The molecule has 6 nitrogen and oxygen atoms in total. The lowest BCUT2D eigenvalue weighted by Gasteiger charge is -2.30. The fraction of sp³-hybridized carbons (Fsp3) is 0.167. The quantitative estimate of drug-likeness (QED) is 0.369. The summed E-state index contributed by atoms with van der Waals surface area (Å²) < 4.78 is 26.2. The molecule has 8 heteroatoms. The topological polar surface area (TPSA) is 69.9 Å². The molecule has 0 amide bonds. The Labute approximate surface area is 221 Å². The minimum absolute atomic E-state index is 0.158. The number of halogens is 1. The zero-order valence-corrected chi connectivity index (χ0v) is 21.3. The van der Waals surface area contributed by atoms with Gasteiger partial charge < -0.3 is 9.47 Å². The molecule has 3 aromatic carbocycles. The maximum atomic E-state index is 13.8. The zero-order valence-electron chi connectivity index (χ0n) is 20.5. The molecule has 1 atom stereocenters. The molecule has 0 N–H and O–H groups in total. The first kappa shape index (κ1) is 24.1. The maximum Gasteiger partial charge on any atom is 0.343 e. The van der Waals surface area contributed by atoms with Crippen LogP contribution in [0.2, 0.25) is 0 Å². The molecule has 0 bridgehead atoms. The number of methoxy groups -OCH3 is 1. The van der Waals surface area contributed by atoms with E-state index in [1.54, 1.807) is 41.0 Å². The summed E-state index contributed by atoms with van der Waals surface area (Å²) in [7, 11) is 1.30. The van der Waals surface area contributed by atoms with Gasteiger partial charge in [0.1, 0.15) is 11.6 Å². The molecule has 0 saturated heterocycles. The van der Waals surface area contributed by atoms with E-state index < -0.39 is 5.97 Å². The van der Waals surface area contributed by atoms with Gasteiger partial charge in [0.15, 0.2) is 11.4 Å². The van der Waals surface area contributed by atoms with Gasteiger partial charge in [-0.15, -0.1) is 0 Å². The van der Waals surface area contributed by atoms with Gasteiger partial charge in [-0.1, -0.05) is 59.9 Å². The minimum Gasteiger partial charge on any atom is -0.482 e. The van der Waals surface area contributed by atoms with Crippen LogP contribution in [-0.4, -0.2) is 24.3 Å². The number of ether oxygens (including phenoxy) is 2. The Morgan fingerprint density at radius 3 is 2.74 bits per heavy atom. The second-order valence-electron chi connectivity index (χ2n) is 9.10. The van der Waals surface area contributed by atoms with Gasteiger partial charge in [-0.2, -0.15) is 0 Å². The molecular formula is C30H23FN2O4S. The summed E-state index contributed by atoms with van der Waals surface area (Å²) in [4.78, 5) is 30.8. The molecule has 0 fully saturated rings. The van der Waals surface area contributed by atoms with Crippen molar-refractivity contribution in [2.75, 3.05) is 13.7 Å². The average molecular weight is 527 g/mol. The molecule has 1 aromatic heterocycles. The van der Waals surface area contributed by atoms with Crippen LogP contribution < -0.4 is 19.6 Å². The first-order valence-corrected chi connectivity index (χ1v) is 13.0. The zero-order chi connectivity index (χ0) is 26.2. The van der Waals surface area contributed by atoms with E-state index in [4.69, 9.17) is 9.73 Å². The Morgan fingerprint density at radius 2 is 1.92 bits per heavy atom. The fourth-order valence-electron chi connectivity index (χ4n) is 5.01. The van der Waals surface area contributed by atoms with Gasteiger partial charge in [0.25, 0.3) is 5.56 Å². The van der Waals surface area contributed by atoms with Crippen molar-refractivity contribution in [2.45, 2.75) is 18.9 Å². The SMILES string of the molecule is COC(=O)COc1cccc(C=c2sc3n(c2=O)C(c2ccc(F)cc2)C2=C(N=3)c3ccccc3CC2)c1. The average Bonchev–Trinajstić information content (AvgIpc) is 3.25. The van der Waals surface area contributed by atoms with Crippen molar-refractivity contribution in [1.29, 1.82) is 0 Å². The second-order valence-corrected chi connectivity index (χ2v) is 10.1. The van der Waals surface area contributed by atoms with E-state index in [-0.39, 0.29) is 24.0 Å². The number of aromatic nitrogens is 1. The van der Waals surface area contributed by atoms with Gasteiger partial charge in [0.2, 0.25) is 0 Å². The number of benzene rings is 3. The number of esters is 1. The molecule has 0 radical (unpaired) electrons. The molecule has 2 heterocycles. The highest BCUT2D eigenvalue weighted by Gasteiger charge is 2.32. The maximum absolute atomic E-state index is 13.8. The molecule has 1 unspecified atom stereocenters. The monoisotopic (exact) mass is 526 g/mol. The number of rotatable bonds is 5. The third kappa shape index (κ3) is 4.37. The van der Waals surface area contributed by atoms with Gasteiger partial charge in [-0.05, 0) is 65.4 Å². The summed E-state index contributed by atoms with van der Waals surface area (Å²) in [6.07, 6.45) is 3.42. The normalized spacial score (nSPS) is 16.3. The number of carbonyl (C=O) groups is 1. The van der Waals surface area contributed by atoms with Crippen molar-refractivity contribution >= 4 is 29.1 Å². The van der Waals surface area contributed by atoms with Crippen LogP contribution in [0.3, 0.4) is 0 Å². The summed E-state index contributed by atoms with van der Waals surface area (Å²) >= 11 is 1.32. The van der Waals surface area contributed by atoms with Crippen LogP contribution in [0.4, 0.5) is 4.39 Å². The van der Waals surface area contributed by atoms with Crippen LogP contribution >= 0.6 is 11.3 Å². The Kier molecular flexibility index (Phi) is 6.25. The minimum atomic E-state index is -0.477. The van der Waals surface area contributed by atoms with Crippen LogP contribution in [-0.2, 0) is 16.0 Å². The molecule has 1 aliphatic carbocycles. The lowest BCUT2D eigenvalue weighted by Crippen LogP contribution is -2.38. The molecule has 4 aromatic rings. The number of nitrogens with zero attached hydrogens (tertiary/aromatic N) is 2. The van der Waals surface area contributed by atoms with Gasteiger partial charge >= 0.3 is 5.97 Å². The number of carbonyl (C=O) groups excluding carboxylic acids is 1. The number of aryl methyl sites for hydroxylation is 1. The third-order valence-electron chi connectivity index (χ3n) is 6.80. The highest BCUT2D eigenvalue weighted by atomic mass is 32.1. The van der Waals surface area contributed by atoms with Crippen molar-refractivity contribution in [1.82, 2.24) is 4.57 Å². The van der Waals surface area contributed by atoms with Crippen molar-refractivity contribution in [2.24, 2.45) is 4.99 Å². The summed E-state index contributed by atoms with van der Waals surface area (Å²) in [6.45, 7) is -0.202. The number of hydrogen-bond donors (Lipinski definition) is 0. The second kappa shape index (κ2) is 9.87. The summed E-state index contributed by atoms with van der Waals surface area (Å²) in [5.41, 5.74) is 5.71. The molecule has 38 heavy (non-hydrogen) atoms. The van der Waals surface area contributed by atoms with Gasteiger partial charge in [0, 0.05) is 5.56 Å². The first-order valence-electron chi connectivity index (χ1n) is 12.2. The number of fused-ring (bicyclic) bond motifs is 3. The molecular weight excluding hydrogens is 503 g/mol. The predicted molar refractivity (Wildman–Crippen MR) is 143 cm³/mol. The molecule has 0 saturated carbocycles. The van der Waals surface area contributed by atoms with Crippen LogP contribution in [0.25, 0.3) is 11.8 Å². The Morgan fingerprint density at radius 1 is 1.11 bits per heavy atom. The molecule has 1 aliphatic heterocycles. The van der Waals surface area contributed by atoms with Gasteiger partial charge in [-0.3, -0.25) is 9.36 Å². The first-order chi connectivity index (χ1) is 18.5. The van der Waals surface area contributed by atoms with Crippen LogP contribution in [0, 0.1) is 5.82 Å². The number of hydrogen-bond acceptors (Lipinski definition) is 6. The summed E-state index contributed by atoms with van der Waals surface area (Å²) in [5, 5.41) is 0. The molecule has 6 rings (SSSR count). The number of allylic oxidation sites excluding steroid dienone is 1. The van der Waals surface area contributed by atoms with Gasteiger partial charge in [-0.25, -0.2) is 14.2 Å². The van der Waals surface area contributed by atoms with Crippen molar-refractivity contribution in [3.8, 4) is 5.75 Å². The van der Waals surface area contributed by atoms with E-state index in [1.165, 1.54) is 36.1 Å². The van der Waals surface area contributed by atoms with Crippen molar-refractivity contribution in [3.05, 3.63) is 126 Å². The Hall–Kier alpha value is -4.30. The Bertz CT molecular complexity index is 1770. The molecule has 190 valence electrons. The third-order valence-corrected chi connectivity index (χ3v) is 7.78. The lowest BCUT2D eigenvalue weighted by atomic mass is 9.83. The summed E-state index contributed by atoms with van der Waals surface area (Å²) in [6, 6.07) is 21.4. The molecule has 0 spiro atoms. The molecule has 2 aliphatic rings. The highest BCUT2D eigenvalue weighted by molar-refractivity contribution is 7.07. The van der Waals surface area contributed by atoms with E-state index in [0.717, 1.165) is 40.8 Å². The van der Waals surface area contributed by atoms with E-state index in [9.17, 15) is 14.0 Å². The lowest BCUT2D eigenvalue weighted by molar-refractivity contribution is -0.142. The van der Waals surface area contributed by atoms with E-state index >= 15 is 0 Å². The number of thiazole rings is 1. The Balaban J connectivity index is 1.49. The van der Waals surface area contributed by atoms with E-state index in [1.807, 2.05) is 18.2 Å². The fourth-order valence-corrected chi connectivity index (χ4v) is 6.02. The van der Waals surface area contributed by atoms with Crippen molar-refractivity contribution in [3.63, 3.8) is 0 Å². The van der Waals surface area contributed by atoms with Crippen molar-refractivity contribution < 1.29 is 18.7 Å². The van der Waals surface area contributed by atoms with E-state index in [0.29, 0.717) is 15.1 Å². The van der Waals surface area contributed by atoms with Gasteiger partial charge in [0.05, 0.1) is 23.4 Å².